The molecule has 0 spiro atoms. The first-order valence-electron chi connectivity index (χ1n) is 11.4. The summed E-state index contributed by atoms with van der Waals surface area (Å²) < 4.78 is 2.98. The Hall–Kier alpha value is -3.74. The highest BCUT2D eigenvalue weighted by Crippen LogP contribution is 2.41. The highest BCUT2D eigenvalue weighted by molar-refractivity contribution is 5.91. The van der Waals surface area contributed by atoms with Crippen LogP contribution in [0.3, 0.4) is 0 Å². The molecular weight excluding hydrogens is 414 g/mol. The third kappa shape index (κ3) is 4.06. The van der Waals surface area contributed by atoms with Gasteiger partial charge in [0.2, 0.25) is 5.91 Å². The van der Waals surface area contributed by atoms with Gasteiger partial charge in [0.15, 0.2) is 0 Å². The molecule has 1 aliphatic carbocycles. The molecule has 0 atom stereocenters. The smallest absolute Gasteiger partial charge is 0.293 e. The van der Waals surface area contributed by atoms with E-state index in [-0.39, 0.29) is 18.0 Å². The molecule has 2 aromatic heterocycles. The molecule has 168 valence electrons. The normalized spacial score (nSPS) is 13.4. The van der Waals surface area contributed by atoms with Crippen molar-refractivity contribution in [2.45, 2.75) is 52.5 Å². The Bertz CT molecular complexity index is 1410. The minimum absolute atomic E-state index is 0.151. The number of hydrogen-bond donors (Lipinski definition) is 1. The second kappa shape index (κ2) is 8.31. The van der Waals surface area contributed by atoms with Crippen molar-refractivity contribution in [3.63, 3.8) is 0 Å². The number of amides is 1. The van der Waals surface area contributed by atoms with E-state index in [4.69, 9.17) is 0 Å². The van der Waals surface area contributed by atoms with Gasteiger partial charge in [-0.15, -0.1) is 0 Å². The minimum atomic E-state index is -0.316. The lowest BCUT2D eigenvalue weighted by Crippen LogP contribution is -2.31. The second-order valence-electron chi connectivity index (χ2n) is 8.83. The van der Waals surface area contributed by atoms with E-state index in [1.165, 1.54) is 10.2 Å². The van der Waals surface area contributed by atoms with Crippen LogP contribution in [0.15, 0.2) is 53.5 Å². The third-order valence-corrected chi connectivity index (χ3v) is 6.19. The van der Waals surface area contributed by atoms with Gasteiger partial charge in [0.25, 0.3) is 5.56 Å². The summed E-state index contributed by atoms with van der Waals surface area (Å²) in [6.45, 7) is 5.98. The molecule has 1 amide bonds. The molecular formula is C26H27N5O2. The summed E-state index contributed by atoms with van der Waals surface area (Å²) in [5.41, 5.74) is 5.94. The average Bonchev–Trinajstić information content (AvgIpc) is 3.55. The van der Waals surface area contributed by atoms with Crippen molar-refractivity contribution in [3.8, 4) is 5.69 Å². The summed E-state index contributed by atoms with van der Waals surface area (Å²) in [4.78, 5) is 26.3. The van der Waals surface area contributed by atoms with Gasteiger partial charge in [0.05, 0.1) is 17.6 Å². The zero-order valence-electron chi connectivity index (χ0n) is 19.1. The fourth-order valence-electron chi connectivity index (χ4n) is 4.24. The number of aromatic nitrogens is 4. The average molecular weight is 442 g/mol. The van der Waals surface area contributed by atoms with E-state index >= 15 is 0 Å². The summed E-state index contributed by atoms with van der Waals surface area (Å²) in [5.74, 6) is 0.0216. The lowest BCUT2D eigenvalue weighted by molar-refractivity contribution is -0.117. The van der Waals surface area contributed by atoms with Crippen LogP contribution in [0, 0.1) is 13.8 Å². The third-order valence-electron chi connectivity index (χ3n) is 6.19. The maximum absolute atomic E-state index is 13.5. The van der Waals surface area contributed by atoms with Gasteiger partial charge < -0.3 is 5.32 Å². The van der Waals surface area contributed by atoms with Crippen LogP contribution in [0.5, 0.6) is 0 Å². The Balaban J connectivity index is 1.54. The predicted octanol–water partition coefficient (Wildman–Crippen LogP) is 4.28. The zero-order valence-corrected chi connectivity index (χ0v) is 19.1. The summed E-state index contributed by atoms with van der Waals surface area (Å²) in [6.07, 6.45) is 4.73. The monoisotopic (exact) mass is 441 g/mol. The van der Waals surface area contributed by atoms with Crippen LogP contribution in [0.4, 0.5) is 5.69 Å². The molecule has 1 N–H and O–H groups in total. The summed E-state index contributed by atoms with van der Waals surface area (Å²) in [7, 11) is 0. The van der Waals surface area contributed by atoms with Gasteiger partial charge in [-0.25, -0.2) is 9.36 Å². The van der Waals surface area contributed by atoms with Gasteiger partial charge in [-0.1, -0.05) is 36.8 Å². The van der Waals surface area contributed by atoms with Crippen LogP contribution in [0.25, 0.3) is 16.6 Å². The van der Waals surface area contributed by atoms with Crippen LogP contribution in [-0.2, 0) is 17.8 Å². The molecule has 2 heterocycles. The molecule has 1 fully saturated rings. The van der Waals surface area contributed by atoms with Gasteiger partial charge in [0, 0.05) is 17.0 Å². The van der Waals surface area contributed by atoms with E-state index in [9.17, 15) is 9.59 Å². The molecule has 0 bridgehead atoms. The van der Waals surface area contributed by atoms with Crippen molar-refractivity contribution < 1.29 is 4.79 Å². The molecule has 5 rings (SSSR count). The molecule has 7 heteroatoms. The van der Waals surface area contributed by atoms with Crippen LogP contribution < -0.4 is 10.9 Å². The second-order valence-corrected chi connectivity index (χ2v) is 8.83. The maximum Gasteiger partial charge on any atom is 0.293 e. The Morgan fingerprint density at radius 2 is 1.88 bits per heavy atom. The predicted molar refractivity (Wildman–Crippen MR) is 129 cm³/mol. The summed E-state index contributed by atoms with van der Waals surface area (Å²) >= 11 is 0. The lowest BCUT2D eigenvalue weighted by Gasteiger charge is -2.12. The van der Waals surface area contributed by atoms with Gasteiger partial charge in [-0.05, 0) is 62.4 Å². The van der Waals surface area contributed by atoms with E-state index in [1.54, 1.807) is 10.9 Å². The number of nitrogens with zero attached hydrogens (tertiary/aromatic N) is 4. The van der Waals surface area contributed by atoms with Gasteiger partial charge in [-0.3, -0.25) is 9.59 Å². The van der Waals surface area contributed by atoms with E-state index in [1.807, 2.05) is 50.2 Å². The van der Waals surface area contributed by atoms with Crippen molar-refractivity contribution in [2.75, 3.05) is 5.32 Å². The van der Waals surface area contributed by atoms with Crippen LogP contribution in [0.2, 0.25) is 0 Å². The van der Waals surface area contributed by atoms with Gasteiger partial charge in [0.1, 0.15) is 12.1 Å². The fourth-order valence-corrected chi connectivity index (χ4v) is 4.24. The number of rotatable bonds is 6. The quantitative estimate of drug-likeness (QED) is 0.484. The van der Waals surface area contributed by atoms with Crippen molar-refractivity contribution >= 4 is 22.5 Å². The standard InChI is InChI=1S/C26H27N5O2/c1-4-18-6-10-20(11-7-18)28-23(32)15-30-26(33)25-21(24(29-30)19-8-9-19)14-27-31(25)22-12-5-16(2)13-17(22)3/h5-7,10-14,19H,4,8-9,15H2,1-3H3,(H,28,32). The number of aryl methyl sites for hydroxylation is 3. The van der Waals surface area contributed by atoms with Crippen molar-refractivity contribution in [2.24, 2.45) is 0 Å². The number of fused-ring (bicyclic) bond motifs is 1. The highest BCUT2D eigenvalue weighted by Gasteiger charge is 2.30. The first-order valence-corrected chi connectivity index (χ1v) is 11.4. The number of nitrogens with one attached hydrogen (secondary N) is 1. The molecule has 0 saturated heterocycles. The van der Waals surface area contributed by atoms with E-state index < -0.39 is 0 Å². The topological polar surface area (TPSA) is 81.8 Å². The Morgan fingerprint density at radius 3 is 2.55 bits per heavy atom. The number of anilines is 1. The van der Waals surface area contributed by atoms with Crippen LogP contribution in [-0.4, -0.2) is 25.5 Å². The van der Waals surface area contributed by atoms with Gasteiger partial charge in [-0.2, -0.15) is 10.2 Å². The molecule has 2 aromatic carbocycles. The molecule has 4 aromatic rings. The summed E-state index contributed by atoms with van der Waals surface area (Å²) in [6, 6.07) is 13.8. The molecule has 1 saturated carbocycles. The zero-order chi connectivity index (χ0) is 23.1. The van der Waals surface area contributed by atoms with Crippen LogP contribution in [0.1, 0.15) is 48.1 Å². The first kappa shape index (κ1) is 21.1. The van der Waals surface area contributed by atoms with E-state index in [0.717, 1.165) is 47.2 Å². The number of carbonyl (C=O) groups is 1. The molecule has 33 heavy (non-hydrogen) atoms. The molecule has 0 radical (unpaired) electrons. The Labute approximate surface area is 192 Å². The highest BCUT2D eigenvalue weighted by atomic mass is 16.2. The number of benzene rings is 2. The molecule has 0 unspecified atom stereocenters. The Morgan fingerprint density at radius 1 is 1.12 bits per heavy atom. The maximum atomic E-state index is 13.5. The van der Waals surface area contributed by atoms with Crippen molar-refractivity contribution in [3.05, 3.63) is 81.4 Å². The van der Waals surface area contributed by atoms with E-state index in [2.05, 4.69) is 28.5 Å². The van der Waals surface area contributed by atoms with Crippen molar-refractivity contribution in [1.82, 2.24) is 19.6 Å². The largest absolute Gasteiger partial charge is 0.324 e. The summed E-state index contributed by atoms with van der Waals surface area (Å²) in [5, 5.41) is 12.8. The minimum Gasteiger partial charge on any atom is -0.324 e. The molecule has 7 nitrogen and oxygen atoms in total. The van der Waals surface area contributed by atoms with Gasteiger partial charge >= 0.3 is 0 Å². The lowest BCUT2D eigenvalue weighted by atomic mass is 10.1. The Kier molecular flexibility index (Phi) is 5.32. The number of hydrogen-bond acceptors (Lipinski definition) is 4. The van der Waals surface area contributed by atoms with E-state index in [0.29, 0.717) is 17.1 Å². The molecule has 0 aliphatic heterocycles. The van der Waals surface area contributed by atoms with Crippen LogP contribution >= 0.6 is 0 Å². The van der Waals surface area contributed by atoms with Crippen molar-refractivity contribution in [1.29, 1.82) is 0 Å². The number of carbonyl (C=O) groups excluding carboxylic acids is 1. The SMILES string of the molecule is CCc1ccc(NC(=O)Cn2nc(C3CC3)c3cnn(-c4ccc(C)cc4C)c3c2=O)cc1. The first-order chi connectivity index (χ1) is 15.9. The fraction of sp³-hybridized carbons (Fsp3) is 0.308. The molecule has 1 aliphatic rings.